The number of nitrogens with zero attached hydrogens (tertiary/aromatic N) is 3. The molecule has 0 aliphatic rings. The predicted octanol–water partition coefficient (Wildman–Crippen LogP) is 1.96. The van der Waals surface area contributed by atoms with E-state index in [0.29, 0.717) is 17.9 Å². The van der Waals surface area contributed by atoms with Crippen LogP contribution in [0.2, 0.25) is 0 Å². The average Bonchev–Trinajstić information content (AvgIpc) is 2.14. The number of hydrogen-bond acceptors (Lipinski definition) is 3. The lowest BCUT2D eigenvalue weighted by molar-refractivity contribution is 0.716. The van der Waals surface area contributed by atoms with E-state index in [1.807, 2.05) is 26.8 Å². The summed E-state index contributed by atoms with van der Waals surface area (Å²) in [5.74, 6) is 1.28. The van der Waals surface area contributed by atoms with Gasteiger partial charge >= 0.3 is 0 Å². The first-order valence-electron chi connectivity index (χ1n) is 5.88. The molecule has 0 bridgehead atoms. The van der Waals surface area contributed by atoms with Gasteiger partial charge in [-0.1, -0.05) is 0 Å². The highest BCUT2D eigenvalue weighted by atomic mass is 15.2. The van der Waals surface area contributed by atoms with Crippen molar-refractivity contribution < 1.29 is 0 Å². The number of hydrogen-bond donors (Lipinski definition) is 2. The van der Waals surface area contributed by atoms with Gasteiger partial charge in [0.2, 0.25) is 5.95 Å². The number of aryl methyl sites for hydroxylation is 1. The molecule has 17 heavy (non-hydrogen) atoms. The summed E-state index contributed by atoms with van der Waals surface area (Å²) in [5.41, 5.74) is 0.927. The van der Waals surface area contributed by atoms with Crippen molar-refractivity contribution in [3.05, 3.63) is 18.0 Å². The molecule has 5 nitrogen and oxygen atoms in total. The molecule has 5 heteroatoms. The first-order chi connectivity index (χ1) is 7.97. The van der Waals surface area contributed by atoms with Crippen LogP contribution in [0.4, 0.5) is 5.95 Å². The Kier molecular flexibility index (Phi) is 4.87. The molecule has 0 aliphatic heterocycles. The molecule has 1 heterocycles. The van der Waals surface area contributed by atoms with Crippen molar-refractivity contribution in [1.29, 1.82) is 0 Å². The molecule has 1 aromatic rings. The molecular formula is C12H21N5. The Morgan fingerprint density at radius 2 is 2.00 bits per heavy atom. The molecule has 2 N–H and O–H groups in total. The third kappa shape index (κ3) is 5.29. The van der Waals surface area contributed by atoms with Crippen LogP contribution in [-0.2, 0) is 0 Å². The number of aromatic nitrogens is 2. The summed E-state index contributed by atoms with van der Waals surface area (Å²) in [5, 5.41) is 6.34. The maximum absolute atomic E-state index is 4.46. The zero-order chi connectivity index (χ0) is 12.8. The predicted molar refractivity (Wildman–Crippen MR) is 71.2 cm³/mol. The molecule has 0 fully saturated rings. The molecular weight excluding hydrogens is 214 g/mol. The van der Waals surface area contributed by atoms with E-state index in [4.69, 9.17) is 0 Å². The fraction of sp³-hybridized carbons (Fsp3) is 0.583. The van der Waals surface area contributed by atoms with E-state index in [1.165, 1.54) is 0 Å². The molecule has 0 saturated heterocycles. The highest BCUT2D eigenvalue weighted by Crippen LogP contribution is 1.99. The molecule has 94 valence electrons. The first-order valence-corrected chi connectivity index (χ1v) is 5.88. The van der Waals surface area contributed by atoms with E-state index < -0.39 is 0 Å². The summed E-state index contributed by atoms with van der Waals surface area (Å²) in [6, 6.07) is 2.39. The fourth-order valence-electron chi connectivity index (χ4n) is 1.25. The largest absolute Gasteiger partial charge is 0.354 e. The van der Waals surface area contributed by atoms with Crippen LogP contribution >= 0.6 is 0 Å². The van der Waals surface area contributed by atoms with Gasteiger partial charge in [0.15, 0.2) is 5.96 Å². The number of guanidine groups is 1. The Morgan fingerprint density at radius 3 is 2.53 bits per heavy atom. The summed E-state index contributed by atoms with van der Waals surface area (Å²) in [6.07, 6.45) is 1.73. The SMILES string of the molecule is Cc1ccnc(NC(=NC(C)C)NC(C)C)n1. The van der Waals surface area contributed by atoms with Crippen LogP contribution in [-0.4, -0.2) is 28.0 Å². The number of rotatable bonds is 3. The highest BCUT2D eigenvalue weighted by molar-refractivity contribution is 5.92. The van der Waals surface area contributed by atoms with Crippen LogP contribution in [0.15, 0.2) is 17.3 Å². The van der Waals surface area contributed by atoms with E-state index in [9.17, 15) is 0 Å². The summed E-state index contributed by atoms with van der Waals surface area (Å²) in [7, 11) is 0. The topological polar surface area (TPSA) is 62.2 Å². The maximum atomic E-state index is 4.46. The summed E-state index contributed by atoms with van der Waals surface area (Å²) < 4.78 is 0. The fourth-order valence-corrected chi connectivity index (χ4v) is 1.25. The maximum Gasteiger partial charge on any atom is 0.229 e. The van der Waals surface area contributed by atoms with Crippen molar-refractivity contribution in [2.45, 2.75) is 46.7 Å². The van der Waals surface area contributed by atoms with Crippen LogP contribution in [0.5, 0.6) is 0 Å². The van der Waals surface area contributed by atoms with E-state index >= 15 is 0 Å². The number of aliphatic imine (C=N–C) groups is 1. The third-order valence-electron chi connectivity index (χ3n) is 1.84. The molecule has 0 saturated carbocycles. The lowest BCUT2D eigenvalue weighted by atomic mass is 10.4. The molecule has 1 rings (SSSR count). The molecule has 0 aromatic carbocycles. The Morgan fingerprint density at radius 1 is 1.29 bits per heavy atom. The third-order valence-corrected chi connectivity index (χ3v) is 1.84. The van der Waals surface area contributed by atoms with Crippen molar-refractivity contribution >= 4 is 11.9 Å². The monoisotopic (exact) mass is 235 g/mol. The van der Waals surface area contributed by atoms with Crippen molar-refractivity contribution in [3.8, 4) is 0 Å². The van der Waals surface area contributed by atoms with Crippen molar-refractivity contribution in [2.24, 2.45) is 4.99 Å². The minimum Gasteiger partial charge on any atom is -0.354 e. The molecule has 0 amide bonds. The smallest absolute Gasteiger partial charge is 0.229 e. The lowest BCUT2D eigenvalue weighted by Crippen LogP contribution is -2.37. The van der Waals surface area contributed by atoms with Gasteiger partial charge in [-0.15, -0.1) is 0 Å². The van der Waals surface area contributed by atoms with Gasteiger partial charge in [-0.3, -0.25) is 10.3 Å². The van der Waals surface area contributed by atoms with E-state index in [2.05, 4.69) is 39.4 Å². The van der Waals surface area contributed by atoms with Gasteiger partial charge in [0, 0.05) is 24.0 Å². The quantitative estimate of drug-likeness (QED) is 0.621. The Balaban J connectivity index is 2.79. The summed E-state index contributed by atoms with van der Waals surface area (Å²) >= 11 is 0. The average molecular weight is 235 g/mol. The van der Waals surface area contributed by atoms with Crippen LogP contribution in [0.1, 0.15) is 33.4 Å². The molecule has 0 radical (unpaired) electrons. The van der Waals surface area contributed by atoms with Gasteiger partial charge in [0.1, 0.15) is 0 Å². The molecule has 0 aliphatic carbocycles. The normalized spacial score (nSPS) is 12.1. The van der Waals surface area contributed by atoms with Crippen LogP contribution in [0.25, 0.3) is 0 Å². The van der Waals surface area contributed by atoms with Crippen LogP contribution < -0.4 is 10.6 Å². The second-order valence-corrected chi connectivity index (χ2v) is 4.52. The van der Waals surface area contributed by atoms with Crippen molar-refractivity contribution in [2.75, 3.05) is 5.32 Å². The minimum absolute atomic E-state index is 0.216. The van der Waals surface area contributed by atoms with E-state index in [-0.39, 0.29) is 6.04 Å². The van der Waals surface area contributed by atoms with Gasteiger partial charge in [-0.2, -0.15) is 0 Å². The minimum atomic E-state index is 0.216. The molecule has 0 atom stereocenters. The van der Waals surface area contributed by atoms with Gasteiger partial charge in [0.05, 0.1) is 0 Å². The summed E-state index contributed by atoms with van der Waals surface area (Å²) in [4.78, 5) is 12.9. The van der Waals surface area contributed by atoms with Gasteiger partial charge in [-0.25, -0.2) is 9.97 Å². The Bertz CT molecular complexity index is 384. The van der Waals surface area contributed by atoms with Gasteiger partial charge in [0.25, 0.3) is 0 Å². The summed E-state index contributed by atoms with van der Waals surface area (Å²) in [6.45, 7) is 10.1. The zero-order valence-corrected chi connectivity index (χ0v) is 11.2. The standard InChI is InChI=1S/C12H21N5/c1-8(2)14-12(15-9(3)4)17-11-13-7-6-10(5)16-11/h6-9H,1-5H3,(H2,13,14,15,16,17). The highest BCUT2D eigenvalue weighted by Gasteiger charge is 2.05. The molecule has 0 spiro atoms. The second kappa shape index (κ2) is 6.18. The van der Waals surface area contributed by atoms with Gasteiger partial charge < -0.3 is 5.32 Å². The Hall–Kier alpha value is -1.65. The van der Waals surface area contributed by atoms with Crippen molar-refractivity contribution in [3.63, 3.8) is 0 Å². The van der Waals surface area contributed by atoms with Crippen LogP contribution in [0.3, 0.4) is 0 Å². The van der Waals surface area contributed by atoms with E-state index in [0.717, 1.165) is 5.69 Å². The van der Waals surface area contributed by atoms with Gasteiger partial charge in [-0.05, 0) is 40.7 Å². The lowest BCUT2D eigenvalue weighted by Gasteiger charge is -2.15. The Labute approximate surface area is 103 Å². The molecule has 0 unspecified atom stereocenters. The number of nitrogens with one attached hydrogen (secondary N) is 2. The zero-order valence-electron chi connectivity index (χ0n) is 11.2. The van der Waals surface area contributed by atoms with E-state index in [1.54, 1.807) is 6.20 Å². The van der Waals surface area contributed by atoms with Crippen LogP contribution in [0, 0.1) is 6.92 Å². The second-order valence-electron chi connectivity index (χ2n) is 4.52. The van der Waals surface area contributed by atoms with Crippen molar-refractivity contribution in [1.82, 2.24) is 15.3 Å². The molecule has 1 aromatic heterocycles. The first kappa shape index (κ1) is 13.4. The number of anilines is 1.